The van der Waals surface area contributed by atoms with Crippen LogP contribution in [0.4, 0.5) is 0 Å². The Kier molecular flexibility index (Phi) is 2.86. The fraction of sp³-hybridized carbons (Fsp3) is 0.364. The number of hydrogen-bond donors (Lipinski definition) is 3. The first kappa shape index (κ1) is 12.0. The number of H-pyrrole nitrogens is 3. The summed E-state index contributed by atoms with van der Waals surface area (Å²) >= 11 is 0.981. The molecule has 100 valence electrons. The van der Waals surface area contributed by atoms with Crippen LogP contribution in [0.15, 0.2) is 21.0 Å². The second-order valence-corrected chi connectivity index (χ2v) is 5.35. The van der Waals surface area contributed by atoms with Gasteiger partial charge in [-0.1, -0.05) is 11.3 Å². The van der Waals surface area contributed by atoms with Gasteiger partial charge in [-0.05, 0) is 6.42 Å². The molecule has 1 aliphatic heterocycles. The molecule has 2 aromatic heterocycles. The van der Waals surface area contributed by atoms with Crippen LogP contribution in [0.2, 0.25) is 0 Å². The first-order valence-corrected chi connectivity index (χ1v) is 6.76. The Hall–Kier alpha value is -2.09. The van der Waals surface area contributed by atoms with E-state index in [4.69, 9.17) is 0 Å². The minimum Gasteiger partial charge on any atom is -0.337 e. The normalized spacial score (nSPS) is 18.9. The Morgan fingerprint density at radius 2 is 2.21 bits per heavy atom. The van der Waals surface area contributed by atoms with Crippen LogP contribution < -0.4 is 10.4 Å². The van der Waals surface area contributed by atoms with Crippen LogP contribution in [0.25, 0.3) is 0 Å². The largest absolute Gasteiger partial charge is 0.337 e. The van der Waals surface area contributed by atoms with Crippen molar-refractivity contribution in [2.24, 2.45) is 0 Å². The minimum atomic E-state index is -0.228. The predicted octanol–water partition coefficient (Wildman–Crippen LogP) is 0.0825. The third-order valence-electron chi connectivity index (χ3n) is 3.28. The summed E-state index contributed by atoms with van der Waals surface area (Å²) in [7, 11) is 0. The van der Waals surface area contributed by atoms with E-state index in [1.807, 2.05) is 0 Å². The average Bonchev–Trinajstić information content (AvgIpc) is 3.07. The lowest BCUT2D eigenvalue weighted by Crippen LogP contribution is -2.29. The van der Waals surface area contributed by atoms with E-state index in [1.165, 1.54) is 11.4 Å². The molecule has 1 atom stereocenters. The molecule has 0 saturated carbocycles. The summed E-state index contributed by atoms with van der Waals surface area (Å²) in [5.74, 6) is -0.0352. The van der Waals surface area contributed by atoms with E-state index in [0.29, 0.717) is 18.8 Å². The molecule has 0 radical (unpaired) electrons. The number of likely N-dealkylation sites (tertiary alicyclic amines) is 1. The summed E-state index contributed by atoms with van der Waals surface area (Å²) < 4.78 is 0. The number of aromatic amines is 3. The number of rotatable bonds is 2. The summed E-state index contributed by atoms with van der Waals surface area (Å²) in [6, 6.07) is 1.52. The first-order chi connectivity index (χ1) is 9.13. The molecular weight excluding hydrogens is 268 g/mol. The highest BCUT2D eigenvalue weighted by Gasteiger charge is 2.29. The van der Waals surface area contributed by atoms with E-state index in [2.05, 4.69) is 15.2 Å². The summed E-state index contributed by atoms with van der Waals surface area (Å²) in [4.78, 5) is 38.2. The Morgan fingerprint density at radius 3 is 2.84 bits per heavy atom. The molecule has 3 N–H and O–H groups in total. The molecule has 1 unspecified atom stereocenters. The van der Waals surface area contributed by atoms with Crippen molar-refractivity contribution in [2.45, 2.75) is 12.3 Å². The third-order valence-corrected chi connectivity index (χ3v) is 3.95. The second kappa shape index (κ2) is 4.54. The molecule has 19 heavy (non-hydrogen) atoms. The van der Waals surface area contributed by atoms with Crippen molar-refractivity contribution in [3.05, 3.63) is 42.9 Å². The molecule has 2 aromatic rings. The van der Waals surface area contributed by atoms with E-state index in [0.717, 1.165) is 23.5 Å². The molecule has 0 aliphatic carbocycles. The van der Waals surface area contributed by atoms with E-state index in [-0.39, 0.29) is 22.3 Å². The minimum absolute atomic E-state index is 0.133. The number of nitrogens with one attached hydrogen (secondary N) is 3. The standard InChI is InChI=1S/C11H12N4O3S/c16-9-3-7(13-14-9)6-1-2-15(4-6)10(17)8-5-19-11(18)12-8/h3,5-6H,1-2,4H2,(H,12,18)(H2,13,14,16). The molecule has 7 nitrogen and oxygen atoms in total. The molecule has 0 bridgehead atoms. The van der Waals surface area contributed by atoms with Crippen LogP contribution in [0.1, 0.15) is 28.5 Å². The average molecular weight is 280 g/mol. The van der Waals surface area contributed by atoms with Gasteiger partial charge < -0.3 is 15.0 Å². The van der Waals surface area contributed by atoms with Gasteiger partial charge >= 0.3 is 4.87 Å². The van der Waals surface area contributed by atoms with Crippen LogP contribution in [-0.2, 0) is 0 Å². The zero-order valence-electron chi connectivity index (χ0n) is 9.93. The topological polar surface area (TPSA) is 102 Å². The monoisotopic (exact) mass is 280 g/mol. The zero-order chi connectivity index (χ0) is 13.4. The number of carbonyl (C=O) groups is 1. The Labute approximate surface area is 111 Å². The van der Waals surface area contributed by atoms with Crippen LogP contribution in [0.5, 0.6) is 0 Å². The first-order valence-electron chi connectivity index (χ1n) is 5.88. The van der Waals surface area contributed by atoms with Gasteiger partial charge in [0.1, 0.15) is 5.69 Å². The van der Waals surface area contributed by atoms with Gasteiger partial charge in [0.25, 0.3) is 11.5 Å². The maximum absolute atomic E-state index is 12.1. The van der Waals surface area contributed by atoms with E-state index in [1.54, 1.807) is 4.90 Å². The van der Waals surface area contributed by atoms with Crippen LogP contribution >= 0.6 is 11.3 Å². The van der Waals surface area contributed by atoms with Gasteiger partial charge in [0.2, 0.25) is 0 Å². The molecule has 8 heteroatoms. The quantitative estimate of drug-likeness (QED) is 0.726. The van der Waals surface area contributed by atoms with E-state index < -0.39 is 0 Å². The van der Waals surface area contributed by atoms with Gasteiger partial charge in [-0.25, -0.2) is 0 Å². The molecule has 0 aromatic carbocycles. The lowest BCUT2D eigenvalue weighted by atomic mass is 10.1. The molecular formula is C11H12N4O3S. The maximum Gasteiger partial charge on any atom is 0.305 e. The van der Waals surface area contributed by atoms with Crippen LogP contribution in [0.3, 0.4) is 0 Å². The maximum atomic E-state index is 12.1. The van der Waals surface area contributed by atoms with Crippen molar-refractivity contribution >= 4 is 17.2 Å². The summed E-state index contributed by atoms with van der Waals surface area (Å²) in [6.07, 6.45) is 0.800. The van der Waals surface area contributed by atoms with Crippen molar-refractivity contribution in [3.8, 4) is 0 Å². The lowest BCUT2D eigenvalue weighted by Gasteiger charge is -2.14. The van der Waals surface area contributed by atoms with E-state index >= 15 is 0 Å². The number of carbonyl (C=O) groups excluding carboxylic acids is 1. The summed E-state index contributed by atoms with van der Waals surface area (Å²) in [6.45, 7) is 1.17. The van der Waals surface area contributed by atoms with E-state index in [9.17, 15) is 14.4 Å². The smallest absolute Gasteiger partial charge is 0.305 e. The lowest BCUT2D eigenvalue weighted by molar-refractivity contribution is 0.0785. The van der Waals surface area contributed by atoms with Crippen molar-refractivity contribution in [3.63, 3.8) is 0 Å². The Balaban J connectivity index is 1.74. The van der Waals surface area contributed by atoms with Gasteiger partial charge in [0.05, 0.1) is 0 Å². The Morgan fingerprint density at radius 1 is 1.37 bits per heavy atom. The number of aromatic nitrogens is 3. The molecule has 0 spiro atoms. The van der Waals surface area contributed by atoms with Crippen molar-refractivity contribution < 1.29 is 4.79 Å². The summed E-state index contributed by atoms with van der Waals surface area (Å²) in [5.41, 5.74) is 0.985. The molecule has 1 fully saturated rings. The van der Waals surface area contributed by atoms with Gasteiger partial charge in [-0.3, -0.25) is 19.5 Å². The van der Waals surface area contributed by atoms with Crippen molar-refractivity contribution in [1.29, 1.82) is 0 Å². The zero-order valence-corrected chi connectivity index (χ0v) is 10.8. The Bertz CT molecular complexity index is 710. The molecule has 1 saturated heterocycles. The predicted molar refractivity (Wildman–Crippen MR) is 69.6 cm³/mol. The number of thiazole rings is 1. The molecule has 3 rings (SSSR count). The number of amides is 1. The fourth-order valence-corrected chi connectivity index (χ4v) is 2.87. The fourth-order valence-electron chi connectivity index (χ4n) is 2.32. The van der Waals surface area contributed by atoms with Gasteiger partial charge in [0.15, 0.2) is 0 Å². The highest BCUT2D eigenvalue weighted by molar-refractivity contribution is 7.07. The molecule has 1 amide bonds. The van der Waals surface area contributed by atoms with Crippen LogP contribution in [0, 0.1) is 0 Å². The van der Waals surface area contributed by atoms with Crippen molar-refractivity contribution in [2.75, 3.05) is 13.1 Å². The van der Waals surface area contributed by atoms with Crippen molar-refractivity contribution in [1.82, 2.24) is 20.1 Å². The molecule has 1 aliphatic rings. The third kappa shape index (κ3) is 2.26. The number of nitrogens with zero attached hydrogens (tertiary/aromatic N) is 1. The second-order valence-electron chi connectivity index (χ2n) is 4.51. The molecule has 3 heterocycles. The highest BCUT2D eigenvalue weighted by atomic mass is 32.1. The van der Waals surface area contributed by atoms with Crippen LogP contribution in [-0.4, -0.2) is 39.1 Å². The summed E-state index contributed by atoms with van der Waals surface area (Å²) in [5, 5.41) is 6.85. The number of hydrogen-bond acceptors (Lipinski definition) is 4. The SMILES string of the molecule is O=C(c1csc(=O)[nH]1)N1CCC(c2cc(=O)[nH][nH]2)C1. The highest BCUT2D eigenvalue weighted by Crippen LogP contribution is 2.25. The van der Waals surface area contributed by atoms with Gasteiger partial charge in [-0.2, -0.15) is 0 Å². The van der Waals surface area contributed by atoms with Gasteiger partial charge in [-0.15, -0.1) is 0 Å². The van der Waals surface area contributed by atoms with Gasteiger partial charge in [0, 0.05) is 36.1 Å².